The highest BCUT2D eigenvalue weighted by Gasteiger charge is 2.15. The van der Waals surface area contributed by atoms with Crippen molar-refractivity contribution in [1.29, 1.82) is 0 Å². The highest BCUT2D eigenvalue weighted by molar-refractivity contribution is 9.10. The molecule has 3 heteroatoms. The summed E-state index contributed by atoms with van der Waals surface area (Å²) >= 11 is 3.26. The Morgan fingerprint density at radius 3 is 2.86 bits per heavy atom. The summed E-state index contributed by atoms with van der Waals surface area (Å²) in [5.74, 6) is 0.710. The third-order valence-electron chi connectivity index (χ3n) is 2.90. The topological polar surface area (TPSA) is 22.0 Å². The van der Waals surface area contributed by atoms with Crippen LogP contribution in [-0.2, 0) is 6.54 Å². The van der Waals surface area contributed by atoms with Crippen LogP contribution in [0.4, 0.5) is 0 Å². The second-order valence-electron chi connectivity index (χ2n) is 3.96. The number of hydrogen-bond acceptors (Lipinski definition) is 1. The van der Waals surface area contributed by atoms with E-state index in [2.05, 4.69) is 15.9 Å². The molecule has 14 heavy (non-hydrogen) atoms. The molecule has 2 nitrogen and oxygen atoms in total. The van der Waals surface area contributed by atoms with Gasteiger partial charge in [-0.15, -0.1) is 0 Å². The summed E-state index contributed by atoms with van der Waals surface area (Å²) in [5, 5.41) is 0. The van der Waals surface area contributed by atoms with Gasteiger partial charge in [0.25, 0.3) is 5.56 Å². The van der Waals surface area contributed by atoms with Gasteiger partial charge in [0.2, 0.25) is 0 Å². The van der Waals surface area contributed by atoms with Crippen LogP contribution >= 0.6 is 15.9 Å². The van der Waals surface area contributed by atoms with E-state index in [1.807, 2.05) is 16.8 Å². The molecular weight excluding hydrogens is 242 g/mol. The molecule has 0 saturated heterocycles. The van der Waals surface area contributed by atoms with Crippen LogP contribution in [0.15, 0.2) is 27.6 Å². The zero-order chi connectivity index (χ0) is 9.97. The zero-order valence-corrected chi connectivity index (χ0v) is 9.66. The average Bonchev–Trinajstić information content (AvgIpc) is 2.66. The molecule has 2 rings (SSSR count). The van der Waals surface area contributed by atoms with E-state index in [9.17, 15) is 4.79 Å². The summed E-state index contributed by atoms with van der Waals surface area (Å²) in [4.78, 5) is 11.7. The van der Waals surface area contributed by atoms with Crippen LogP contribution < -0.4 is 5.56 Å². The first-order valence-electron chi connectivity index (χ1n) is 5.12. The maximum atomic E-state index is 11.7. The second-order valence-corrected chi connectivity index (χ2v) is 4.82. The summed E-state index contributed by atoms with van der Waals surface area (Å²) in [6, 6.07) is 3.72. The van der Waals surface area contributed by atoms with Crippen LogP contribution in [0.2, 0.25) is 0 Å². The molecule has 1 aliphatic carbocycles. The quantitative estimate of drug-likeness (QED) is 0.797. The van der Waals surface area contributed by atoms with Crippen molar-refractivity contribution in [1.82, 2.24) is 4.57 Å². The smallest absolute Gasteiger partial charge is 0.264 e. The summed E-state index contributed by atoms with van der Waals surface area (Å²) < 4.78 is 2.48. The Hall–Kier alpha value is -0.570. The molecule has 1 aromatic heterocycles. The van der Waals surface area contributed by atoms with Crippen molar-refractivity contribution in [2.45, 2.75) is 32.2 Å². The molecule has 0 amide bonds. The Kier molecular flexibility index (Phi) is 3.06. The number of nitrogens with zero attached hydrogens (tertiary/aromatic N) is 1. The fourth-order valence-corrected chi connectivity index (χ4v) is 2.50. The van der Waals surface area contributed by atoms with Crippen molar-refractivity contribution in [2.75, 3.05) is 0 Å². The van der Waals surface area contributed by atoms with Gasteiger partial charge in [-0.2, -0.15) is 0 Å². The lowest BCUT2D eigenvalue weighted by Crippen LogP contribution is -2.22. The lowest BCUT2D eigenvalue weighted by Gasteiger charge is -2.11. The first-order chi connectivity index (χ1) is 6.77. The number of hydrogen-bond donors (Lipinski definition) is 0. The first-order valence-corrected chi connectivity index (χ1v) is 5.91. The molecule has 0 atom stereocenters. The molecule has 76 valence electrons. The van der Waals surface area contributed by atoms with Gasteiger partial charge in [-0.3, -0.25) is 4.79 Å². The molecule has 0 spiro atoms. The molecule has 0 aliphatic heterocycles. The molecule has 1 fully saturated rings. The molecule has 0 unspecified atom stereocenters. The summed E-state index contributed by atoms with van der Waals surface area (Å²) in [7, 11) is 0. The highest BCUT2D eigenvalue weighted by atomic mass is 79.9. The maximum Gasteiger partial charge on any atom is 0.264 e. The Balaban J connectivity index is 2.16. The van der Waals surface area contributed by atoms with E-state index in [0.29, 0.717) is 10.4 Å². The molecule has 1 heterocycles. The third kappa shape index (κ3) is 2.08. The van der Waals surface area contributed by atoms with Crippen molar-refractivity contribution in [3.8, 4) is 0 Å². The van der Waals surface area contributed by atoms with Gasteiger partial charge >= 0.3 is 0 Å². The van der Waals surface area contributed by atoms with Crippen molar-refractivity contribution in [3.63, 3.8) is 0 Å². The van der Waals surface area contributed by atoms with Gasteiger partial charge in [-0.05, 0) is 46.8 Å². The number of aromatic nitrogens is 1. The van der Waals surface area contributed by atoms with E-state index in [1.54, 1.807) is 6.07 Å². The number of pyridine rings is 1. The first kappa shape index (κ1) is 9.97. The molecule has 0 N–H and O–H groups in total. The minimum Gasteiger partial charge on any atom is -0.314 e. The normalized spacial score (nSPS) is 17.5. The molecular formula is C11H14BrNO. The van der Waals surface area contributed by atoms with Gasteiger partial charge in [0.1, 0.15) is 0 Å². The monoisotopic (exact) mass is 255 g/mol. The van der Waals surface area contributed by atoms with Crippen LogP contribution in [0.3, 0.4) is 0 Å². The molecule has 0 radical (unpaired) electrons. The van der Waals surface area contributed by atoms with Gasteiger partial charge in [0, 0.05) is 12.7 Å². The van der Waals surface area contributed by atoms with Crippen molar-refractivity contribution >= 4 is 15.9 Å². The predicted octanol–water partition coefficient (Wildman–Crippen LogP) is 2.80. The number of rotatable bonds is 2. The molecule has 1 aromatic rings. The van der Waals surface area contributed by atoms with E-state index in [1.165, 1.54) is 25.7 Å². The lowest BCUT2D eigenvalue weighted by atomic mass is 10.1. The van der Waals surface area contributed by atoms with Gasteiger partial charge in [0.15, 0.2) is 0 Å². The Morgan fingerprint density at radius 2 is 2.14 bits per heavy atom. The molecule has 1 aliphatic rings. The fraction of sp³-hybridized carbons (Fsp3) is 0.545. The van der Waals surface area contributed by atoms with Crippen LogP contribution in [0.25, 0.3) is 0 Å². The minimum absolute atomic E-state index is 0.0967. The van der Waals surface area contributed by atoms with Crippen LogP contribution in [-0.4, -0.2) is 4.57 Å². The van der Waals surface area contributed by atoms with E-state index in [4.69, 9.17) is 0 Å². The zero-order valence-electron chi connectivity index (χ0n) is 8.08. The highest BCUT2D eigenvalue weighted by Crippen LogP contribution is 2.25. The summed E-state index contributed by atoms with van der Waals surface area (Å²) in [5.41, 5.74) is 0.0967. The minimum atomic E-state index is 0.0967. The molecule has 0 bridgehead atoms. The lowest BCUT2D eigenvalue weighted by molar-refractivity contribution is 0.448. The predicted molar refractivity (Wildman–Crippen MR) is 60.4 cm³/mol. The van der Waals surface area contributed by atoms with Crippen LogP contribution in [0.1, 0.15) is 25.7 Å². The Labute approximate surface area is 92.1 Å². The van der Waals surface area contributed by atoms with Gasteiger partial charge in [-0.1, -0.05) is 12.8 Å². The standard InChI is InChI=1S/C11H14BrNO/c12-10-6-3-7-13(11(10)14)8-9-4-1-2-5-9/h3,6-7,9H,1-2,4-5,8H2. The van der Waals surface area contributed by atoms with E-state index >= 15 is 0 Å². The van der Waals surface area contributed by atoms with Crippen molar-refractivity contribution < 1.29 is 0 Å². The van der Waals surface area contributed by atoms with E-state index in [-0.39, 0.29) is 5.56 Å². The second kappa shape index (κ2) is 4.30. The van der Waals surface area contributed by atoms with E-state index < -0.39 is 0 Å². The third-order valence-corrected chi connectivity index (χ3v) is 3.51. The van der Waals surface area contributed by atoms with Gasteiger partial charge < -0.3 is 4.57 Å². The molecule has 1 saturated carbocycles. The Morgan fingerprint density at radius 1 is 1.43 bits per heavy atom. The number of halogens is 1. The van der Waals surface area contributed by atoms with Crippen LogP contribution in [0.5, 0.6) is 0 Å². The summed E-state index contributed by atoms with van der Waals surface area (Å²) in [6.07, 6.45) is 7.09. The van der Waals surface area contributed by atoms with Crippen molar-refractivity contribution in [2.24, 2.45) is 5.92 Å². The van der Waals surface area contributed by atoms with Gasteiger partial charge in [0.05, 0.1) is 4.47 Å². The summed E-state index contributed by atoms with van der Waals surface area (Å²) in [6.45, 7) is 0.887. The Bertz CT molecular complexity index is 366. The average molecular weight is 256 g/mol. The van der Waals surface area contributed by atoms with E-state index in [0.717, 1.165) is 6.54 Å². The SMILES string of the molecule is O=c1c(Br)cccn1CC1CCCC1. The maximum absolute atomic E-state index is 11.7. The van der Waals surface area contributed by atoms with Gasteiger partial charge in [-0.25, -0.2) is 0 Å². The molecule has 0 aromatic carbocycles. The van der Waals surface area contributed by atoms with Crippen LogP contribution in [0, 0.1) is 5.92 Å². The van der Waals surface area contributed by atoms with Crippen molar-refractivity contribution in [3.05, 3.63) is 33.2 Å². The largest absolute Gasteiger partial charge is 0.314 e. The fourth-order valence-electron chi connectivity index (χ4n) is 2.12.